The molecule has 0 aliphatic carbocycles. The number of nitrogens with one attached hydrogen (secondary N) is 1. The summed E-state index contributed by atoms with van der Waals surface area (Å²) in [6.45, 7) is 6.27. The van der Waals surface area contributed by atoms with Crippen molar-refractivity contribution in [3.05, 3.63) is 65.2 Å². The van der Waals surface area contributed by atoms with Gasteiger partial charge in [0, 0.05) is 32.8 Å². The number of rotatable bonds is 8. The Morgan fingerprint density at radius 2 is 1.80 bits per heavy atom. The van der Waals surface area contributed by atoms with E-state index >= 15 is 0 Å². The lowest BCUT2D eigenvalue weighted by molar-refractivity contribution is 0.0342. The van der Waals surface area contributed by atoms with E-state index in [1.54, 1.807) is 6.07 Å². The first-order valence-corrected chi connectivity index (χ1v) is 10.8. The summed E-state index contributed by atoms with van der Waals surface area (Å²) in [4.78, 5) is 15.1. The molecule has 0 unspecified atom stereocenters. The van der Waals surface area contributed by atoms with Crippen molar-refractivity contribution in [2.45, 2.75) is 32.0 Å². The highest BCUT2D eigenvalue weighted by molar-refractivity contribution is 5.96. The minimum Gasteiger partial charge on any atom is -0.490 e. The molecule has 4 rings (SSSR count). The van der Waals surface area contributed by atoms with E-state index in [1.165, 1.54) is 5.56 Å². The molecule has 2 aliphatic rings. The predicted molar refractivity (Wildman–Crippen MR) is 115 cm³/mol. The topological polar surface area (TPSA) is 60.0 Å². The molecule has 1 atom stereocenters. The maximum absolute atomic E-state index is 12.7. The van der Waals surface area contributed by atoms with E-state index in [0.717, 1.165) is 57.9 Å². The second-order valence-corrected chi connectivity index (χ2v) is 7.83. The maximum atomic E-state index is 12.7. The Kier molecular flexibility index (Phi) is 7.34. The summed E-state index contributed by atoms with van der Waals surface area (Å²) in [5, 5.41) is 3.01. The normalized spacial score (nSPS) is 19.5. The van der Waals surface area contributed by atoms with Gasteiger partial charge in [-0.15, -0.1) is 0 Å². The molecular weight excluding hydrogens is 380 g/mol. The summed E-state index contributed by atoms with van der Waals surface area (Å²) in [5.74, 6) is 0.474. The summed E-state index contributed by atoms with van der Waals surface area (Å²) in [5.41, 5.74) is 2.91. The molecule has 2 fully saturated rings. The Balaban J connectivity index is 1.28. The van der Waals surface area contributed by atoms with E-state index in [-0.39, 0.29) is 12.0 Å². The number of nitrogens with zero attached hydrogens (tertiary/aromatic N) is 1. The fourth-order valence-corrected chi connectivity index (χ4v) is 3.80. The van der Waals surface area contributed by atoms with Crippen LogP contribution in [0.25, 0.3) is 0 Å². The second-order valence-electron chi connectivity index (χ2n) is 7.83. The summed E-state index contributed by atoms with van der Waals surface area (Å²) >= 11 is 0. The standard InChI is InChI=1S/C24H30N2O4/c27-24(22-5-1-2-6-23(22)30-18-21-4-3-13-29-21)25-16-19-7-9-20(10-8-19)17-26-11-14-28-15-12-26/h1-2,5-10,21H,3-4,11-18H2,(H,25,27)/t21-/m1/s1. The highest BCUT2D eigenvalue weighted by Crippen LogP contribution is 2.20. The fraction of sp³-hybridized carbons (Fsp3) is 0.458. The number of amides is 1. The van der Waals surface area contributed by atoms with Gasteiger partial charge < -0.3 is 19.5 Å². The molecule has 0 radical (unpaired) electrons. The SMILES string of the molecule is O=C(NCc1ccc(CN2CCOCC2)cc1)c1ccccc1OC[C@H]1CCCO1. The molecule has 30 heavy (non-hydrogen) atoms. The van der Waals surface area contributed by atoms with Crippen molar-refractivity contribution in [3.63, 3.8) is 0 Å². The van der Waals surface area contributed by atoms with Crippen LogP contribution in [0.1, 0.15) is 34.3 Å². The smallest absolute Gasteiger partial charge is 0.255 e. The second kappa shape index (κ2) is 10.6. The third-order valence-electron chi connectivity index (χ3n) is 5.57. The molecule has 0 aromatic heterocycles. The molecule has 160 valence electrons. The van der Waals surface area contributed by atoms with Gasteiger partial charge in [0.15, 0.2) is 0 Å². The number of para-hydroxylation sites is 1. The number of benzene rings is 2. The van der Waals surface area contributed by atoms with Crippen molar-refractivity contribution in [3.8, 4) is 5.75 Å². The number of morpholine rings is 1. The predicted octanol–water partition coefficient (Wildman–Crippen LogP) is 3.01. The Bertz CT molecular complexity index is 812. The van der Waals surface area contributed by atoms with Crippen molar-refractivity contribution in [2.24, 2.45) is 0 Å². The highest BCUT2D eigenvalue weighted by atomic mass is 16.5. The first-order chi connectivity index (χ1) is 14.8. The summed E-state index contributed by atoms with van der Waals surface area (Å²) in [6.07, 6.45) is 2.20. The zero-order chi connectivity index (χ0) is 20.6. The third kappa shape index (κ3) is 5.81. The van der Waals surface area contributed by atoms with Gasteiger partial charge in [-0.2, -0.15) is 0 Å². The molecule has 0 saturated carbocycles. The van der Waals surface area contributed by atoms with E-state index in [1.807, 2.05) is 18.2 Å². The first kappa shape index (κ1) is 20.8. The van der Waals surface area contributed by atoms with Crippen LogP contribution >= 0.6 is 0 Å². The van der Waals surface area contributed by atoms with Gasteiger partial charge in [0.1, 0.15) is 12.4 Å². The number of carbonyl (C=O) groups excluding carboxylic acids is 1. The Morgan fingerprint density at radius 1 is 1.03 bits per heavy atom. The molecule has 1 N–H and O–H groups in total. The van der Waals surface area contributed by atoms with E-state index < -0.39 is 0 Å². The Morgan fingerprint density at radius 3 is 2.57 bits per heavy atom. The van der Waals surface area contributed by atoms with E-state index in [0.29, 0.717) is 24.5 Å². The molecule has 2 aromatic rings. The van der Waals surface area contributed by atoms with E-state index in [4.69, 9.17) is 14.2 Å². The zero-order valence-electron chi connectivity index (χ0n) is 17.3. The van der Waals surface area contributed by atoms with Crippen LogP contribution in [-0.2, 0) is 22.6 Å². The lowest BCUT2D eigenvalue weighted by Crippen LogP contribution is -2.35. The van der Waals surface area contributed by atoms with E-state index in [9.17, 15) is 4.79 Å². The number of hydrogen-bond acceptors (Lipinski definition) is 5. The van der Waals surface area contributed by atoms with Crippen LogP contribution in [-0.4, -0.2) is 56.4 Å². The molecule has 6 nitrogen and oxygen atoms in total. The Hall–Kier alpha value is -2.41. The van der Waals surface area contributed by atoms with Crippen LogP contribution in [0.2, 0.25) is 0 Å². The van der Waals surface area contributed by atoms with Crippen LogP contribution in [0, 0.1) is 0 Å². The van der Waals surface area contributed by atoms with Gasteiger partial charge >= 0.3 is 0 Å². The number of ether oxygens (including phenoxy) is 3. The Labute approximate surface area is 178 Å². The van der Waals surface area contributed by atoms with Crippen molar-refractivity contribution in [2.75, 3.05) is 39.5 Å². The average molecular weight is 411 g/mol. The van der Waals surface area contributed by atoms with Crippen molar-refractivity contribution in [1.82, 2.24) is 10.2 Å². The van der Waals surface area contributed by atoms with Gasteiger partial charge in [-0.25, -0.2) is 0 Å². The third-order valence-corrected chi connectivity index (χ3v) is 5.57. The summed E-state index contributed by atoms with van der Waals surface area (Å²) in [7, 11) is 0. The van der Waals surface area contributed by atoms with Crippen LogP contribution in [0.4, 0.5) is 0 Å². The maximum Gasteiger partial charge on any atom is 0.255 e. The molecule has 1 amide bonds. The van der Waals surface area contributed by atoms with Crippen LogP contribution in [0.5, 0.6) is 5.75 Å². The van der Waals surface area contributed by atoms with Crippen LogP contribution in [0.15, 0.2) is 48.5 Å². The van der Waals surface area contributed by atoms with Gasteiger partial charge in [-0.1, -0.05) is 36.4 Å². The molecule has 6 heteroatoms. The van der Waals surface area contributed by atoms with Gasteiger partial charge in [-0.3, -0.25) is 9.69 Å². The minimum atomic E-state index is -0.129. The lowest BCUT2D eigenvalue weighted by Gasteiger charge is -2.26. The summed E-state index contributed by atoms with van der Waals surface area (Å²) < 4.78 is 16.9. The lowest BCUT2D eigenvalue weighted by atomic mass is 10.1. The van der Waals surface area contributed by atoms with Gasteiger partial charge in [0.25, 0.3) is 5.91 Å². The monoisotopic (exact) mass is 410 g/mol. The van der Waals surface area contributed by atoms with Gasteiger partial charge in [0.2, 0.25) is 0 Å². The van der Waals surface area contributed by atoms with Crippen molar-refractivity contribution >= 4 is 5.91 Å². The van der Waals surface area contributed by atoms with E-state index in [2.05, 4.69) is 34.5 Å². The molecule has 0 bridgehead atoms. The van der Waals surface area contributed by atoms with Gasteiger partial charge in [-0.05, 0) is 36.1 Å². The van der Waals surface area contributed by atoms with Crippen LogP contribution < -0.4 is 10.1 Å². The molecule has 2 aromatic carbocycles. The summed E-state index contributed by atoms with van der Waals surface area (Å²) in [6, 6.07) is 15.8. The van der Waals surface area contributed by atoms with Crippen molar-refractivity contribution < 1.29 is 19.0 Å². The molecule has 2 aliphatic heterocycles. The minimum absolute atomic E-state index is 0.122. The molecular formula is C24H30N2O4. The zero-order valence-corrected chi connectivity index (χ0v) is 17.3. The van der Waals surface area contributed by atoms with Crippen molar-refractivity contribution in [1.29, 1.82) is 0 Å². The van der Waals surface area contributed by atoms with Crippen LogP contribution in [0.3, 0.4) is 0 Å². The number of carbonyl (C=O) groups is 1. The average Bonchev–Trinajstić information content (AvgIpc) is 3.32. The largest absolute Gasteiger partial charge is 0.490 e. The van der Waals surface area contributed by atoms with Gasteiger partial charge in [0.05, 0.1) is 24.9 Å². The first-order valence-electron chi connectivity index (χ1n) is 10.8. The quantitative estimate of drug-likeness (QED) is 0.725. The highest BCUT2D eigenvalue weighted by Gasteiger charge is 2.18. The molecule has 0 spiro atoms. The number of hydrogen-bond donors (Lipinski definition) is 1. The molecule has 2 saturated heterocycles. The molecule has 2 heterocycles. The fourth-order valence-electron chi connectivity index (χ4n) is 3.80.